The van der Waals surface area contributed by atoms with Crippen LogP contribution in [0, 0.1) is 229 Å². The molecule has 12 aliphatic carbocycles. The van der Waals surface area contributed by atoms with Crippen molar-refractivity contribution in [1.82, 2.24) is 0 Å². The predicted octanol–water partition coefficient (Wildman–Crippen LogP) is 13.5. The maximum absolute atomic E-state index is 12.3. The van der Waals surface area contributed by atoms with Crippen LogP contribution in [-0.2, 0) is 21.5 Å². The van der Waals surface area contributed by atoms with Crippen LogP contribution in [0.5, 0.6) is 0 Å². The van der Waals surface area contributed by atoms with Gasteiger partial charge >= 0.3 is 29.6 Å². The van der Waals surface area contributed by atoms with E-state index in [0.717, 1.165) is 166 Å². The molecule has 14 rings (SSSR count). The van der Waals surface area contributed by atoms with Crippen molar-refractivity contribution in [2.75, 3.05) is 7.11 Å². The zero-order chi connectivity index (χ0) is 56.8. The summed E-state index contributed by atoms with van der Waals surface area (Å²) in [4.78, 5) is 12.3. The van der Waals surface area contributed by atoms with E-state index in [0.29, 0.717) is 23.2 Å². The topological polar surface area (TPSA) is 127 Å². The second-order valence-corrected chi connectivity index (χ2v) is 31.7. The number of benzene rings is 2. The van der Waals surface area contributed by atoms with Gasteiger partial charge in [0.25, 0.3) is 0 Å². The molecule has 3 radical (unpaired) electrons. The van der Waals surface area contributed by atoms with Gasteiger partial charge in [-0.05, 0) is 298 Å². The first-order valence-corrected chi connectivity index (χ1v) is 34.4. The number of aliphatic hydroxyl groups excluding tert-OH is 2. The van der Waals surface area contributed by atoms with Crippen molar-refractivity contribution in [3.8, 4) is 0 Å². The maximum atomic E-state index is 12.3. The number of rotatable bonds is 4. The average Bonchev–Trinajstić information content (AvgIpc) is 1.79. The van der Waals surface area contributed by atoms with Crippen LogP contribution in [-0.4, -0.2) is 75.8 Å². The molecule has 23 atom stereocenters. The van der Waals surface area contributed by atoms with E-state index in [1.54, 1.807) is 0 Å². The zero-order valence-electron chi connectivity index (χ0n) is 55.6. The maximum Gasteiger partial charge on any atom is 1.00 e. The van der Waals surface area contributed by atoms with Gasteiger partial charge < -0.3 is 31.7 Å². The van der Waals surface area contributed by atoms with Gasteiger partial charge in [-0.3, -0.25) is 4.79 Å². The number of ether oxygens (including phenoxy) is 1. The molecule has 14 heteroatoms. The van der Waals surface area contributed by atoms with Gasteiger partial charge in [0.15, 0.2) is 0 Å². The fraction of sp³-hybridized carbons (Fsp3) is 0.822. The van der Waals surface area contributed by atoms with E-state index in [2.05, 4.69) is 86.1 Å². The molecule has 12 saturated carbocycles. The summed E-state index contributed by atoms with van der Waals surface area (Å²) >= 11 is 3.36. The summed E-state index contributed by atoms with van der Waals surface area (Å²) in [5, 5.41) is 49.8. The van der Waals surface area contributed by atoms with E-state index in [9.17, 15) is 25.2 Å². The summed E-state index contributed by atoms with van der Waals surface area (Å²) in [6, 6.07) is 21.0. The molecule has 2 aromatic rings. The Kier molecular flexibility index (Phi) is 35.2. The van der Waals surface area contributed by atoms with Gasteiger partial charge in [0.05, 0.1) is 35.6 Å². The third kappa shape index (κ3) is 18.7. The SMILES string of the molecule is BrCc1ccccc1.C.CO.C[C@@]1(O)CC[C@H]2[C@@H](CC[C@@H]3[C@@H]2CC[C@]2(C)C(=O)CC[C@@H]32)C1.C[C@@]1(O)CC[C@H]2[C@@H](CC[C@@H]3[C@@H]2CC[C@]2(C)[C@@H](O)CC[C@@H]32)C1.C[C@@]1(O)CC[C@H]2[C@@H](CC[C@@H]3[C@@H]2CC[C@]2(C)[C@@H](OCc4ccccc4)CC[C@@H]32)C1.[B].[H-].[HH].[Na+].[U].[U].[U].[U]. The predicted molar refractivity (Wildman–Crippen MR) is 342 cm³/mol. The Bertz CT molecular complexity index is 2370. The van der Waals surface area contributed by atoms with Gasteiger partial charge in [-0.15, -0.1) is 0 Å². The molecule has 2 aromatic carbocycles. The molecule has 0 unspecified atom stereocenters. The Balaban J connectivity index is 0.000000597. The third-order valence-corrected chi connectivity index (χ3v) is 27.2. The fourth-order valence-electron chi connectivity index (χ4n) is 22.6. The van der Waals surface area contributed by atoms with E-state index in [-0.39, 0.29) is 190 Å². The number of alkyl halides is 1. The van der Waals surface area contributed by atoms with Crippen molar-refractivity contribution < 1.29 is 192 Å². The van der Waals surface area contributed by atoms with Gasteiger partial charge in [-0.2, -0.15) is 0 Å². The Morgan fingerprint density at radius 2 is 0.862 bits per heavy atom. The normalized spacial score (nSPS) is 44.4. The molecule has 0 saturated heterocycles. The number of hydrogen-bond acceptors (Lipinski definition) is 7. The summed E-state index contributed by atoms with van der Waals surface area (Å²) < 4.78 is 6.54. The monoisotopic (exact) mass is 2170 g/mol. The summed E-state index contributed by atoms with van der Waals surface area (Å²) in [5.74, 6) is 13.0. The second-order valence-electron chi connectivity index (χ2n) is 31.1. The number of hydrogen-bond donors (Lipinski definition) is 5. The number of halogens is 1. The summed E-state index contributed by atoms with van der Waals surface area (Å²) in [7, 11) is 1.00. The van der Waals surface area contributed by atoms with Crippen LogP contribution >= 0.6 is 15.9 Å². The smallest absolute Gasteiger partial charge is 1.00 e. The number of Topliss-reactive ketones (excluding diaryl/α,β-unsaturated/α-hetero) is 1. The Morgan fingerprint density at radius 1 is 0.483 bits per heavy atom. The first-order chi connectivity index (χ1) is 38.2. The van der Waals surface area contributed by atoms with Crippen LogP contribution in [0.2, 0.25) is 0 Å². The molecule has 12 aliphatic rings. The van der Waals surface area contributed by atoms with Crippen molar-refractivity contribution in [2.45, 2.75) is 263 Å². The van der Waals surface area contributed by atoms with Crippen molar-refractivity contribution in [2.24, 2.45) is 105 Å². The molecule has 7 nitrogen and oxygen atoms in total. The van der Waals surface area contributed by atoms with E-state index >= 15 is 0 Å². The first kappa shape index (κ1) is 84.8. The third-order valence-electron chi connectivity index (χ3n) is 26.6. The Morgan fingerprint density at radius 3 is 1.30 bits per heavy atom. The zero-order valence-corrected chi connectivity index (χ0v) is 74.8. The van der Waals surface area contributed by atoms with Crippen molar-refractivity contribution in [1.29, 1.82) is 0 Å². The summed E-state index contributed by atoms with van der Waals surface area (Å²) in [6.07, 6.45) is 32.9. The van der Waals surface area contributed by atoms with Gasteiger partial charge in [0, 0.05) is 159 Å². The minimum Gasteiger partial charge on any atom is -1.00 e. The van der Waals surface area contributed by atoms with E-state index < -0.39 is 16.8 Å². The molecule has 0 spiro atoms. The molecule has 0 aromatic heterocycles. The molecule has 0 bridgehead atoms. The largest absolute Gasteiger partial charge is 1.00 e. The van der Waals surface area contributed by atoms with Crippen molar-refractivity contribution >= 4 is 30.1 Å². The van der Waals surface area contributed by atoms with E-state index in [1.165, 1.54) is 120 Å². The number of ketones is 1. The number of carbonyl (C=O) groups excluding carboxylic acids is 1. The van der Waals surface area contributed by atoms with Crippen LogP contribution < -0.4 is 29.6 Å². The van der Waals surface area contributed by atoms with Gasteiger partial charge in [-0.25, -0.2) is 0 Å². The molecule has 12 fully saturated rings. The number of carbonyl (C=O) groups is 1. The van der Waals surface area contributed by atoms with Crippen LogP contribution in [0.25, 0.3) is 0 Å². The molecule has 5 N–H and O–H groups in total. The van der Waals surface area contributed by atoms with E-state index in [4.69, 9.17) is 9.84 Å². The van der Waals surface area contributed by atoms with Crippen LogP contribution in [0.1, 0.15) is 236 Å². The summed E-state index contributed by atoms with van der Waals surface area (Å²) in [5.41, 5.74) is 2.03. The molecular formula is C73H118BBrNaO7U4. The Hall–Kier alpha value is 3.62. The average molecular weight is 2170 g/mol. The minimum absolute atomic E-state index is 0. The number of aliphatic hydroxyl groups is 5. The standard InChI is InChI=1S/C26H38O2.C19H32O2.C19H30O2.C7H7Br.CH4O.CH4.B.Na.4U.H2.H/c1-25(27)14-12-20-19(16-25)8-9-22-21(20)13-15-26(2)23(22)10-11-24(26)28-17-18-6-4-3-5-7-18;2*1-18(21)9-7-13-12(11-18)3-4-15-14(13)8-10-19(2)16(15)5-6-17(19)20;8-6-7-4-2-1-3-5-7;1-2;;;;;;;;;/h3-7,19-24,27H,8-17H2,1-2H3;12-17,20-21H,3-11H2,1-2H3;12-16,21H,3-11H2,1-2H3;1-5H,6H2;2H,1H3;1H4;;;;;;;1H;/q;;;;;;;+1;;;;;;-1/t19-,20-,21+,22+,23-,24-,25+,26-;12-,13-,14+,15+,16-,17-,18+,19-;12-,13-,14+,15+,16-,18+,19-;;;;;;;;;;;/m000.........../s1. The van der Waals surface area contributed by atoms with Crippen LogP contribution in [0.3, 0.4) is 0 Å². The fourth-order valence-corrected chi connectivity index (χ4v) is 22.9. The second kappa shape index (κ2) is 36.1. The molecule has 87 heavy (non-hydrogen) atoms. The van der Waals surface area contributed by atoms with Gasteiger partial charge in [0.2, 0.25) is 0 Å². The molecule has 0 amide bonds. The molecule has 0 aliphatic heterocycles. The van der Waals surface area contributed by atoms with Crippen molar-refractivity contribution in [3.05, 3.63) is 71.8 Å². The molecule has 0 heterocycles. The molecule has 479 valence electrons. The van der Waals surface area contributed by atoms with E-state index in [1.807, 2.05) is 32.0 Å². The van der Waals surface area contributed by atoms with Gasteiger partial charge in [0.1, 0.15) is 5.78 Å². The number of fused-ring (bicyclic) bond motifs is 15. The van der Waals surface area contributed by atoms with Crippen LogP contribution in [0.15, 0.2) is 60.7 Å². The van der Waals surface area contributed by atoms with Crippen LogP contribution in [0.4, 0.5) is 0 Å². The minimum atomic E-state index is -0.416. The quantitative estimate of drug-likeness (QED) is 0.152. The molecular weight excluding hydrogens is 2050 g/mol. The Labute approximate surface area is 660 Å². The summed E-state index contributed by atoms with van der Waals surface area (Å²) in [6.45, 7) is 14.1. The van der Waals surface area contributed by atoms with Gasteiger partial charge in [-0.1, -0.05) is 105 Å². The first-order valence-electron chi connectivity index (χ1n) is 33.3. The van der Waals surface area contributed by atoms with Crippen molar-refractivity contribution in [3.63, 3.8) is 0 Å².